The van der Waals surface area contributed by atoms with Crippen LogP contribution in [0, 0.1) is 0 Å². The molecule has 6 heteroatoms. The average Bonchev–Trinajstić information content (AvgIpc) is 2.90. The molecule has 0 fully saturated rings. The van der Waals surface area contributed by atoms with Gasteiger partial charge >= 0.3 is 0 Å². The molecule has 4 aromatic rings. The third-order valence-electron chi connectivity index (χ3n) is 5.72. The quantitative estimate of drug-likeness (QED) is 0.242. The van der Waals surface area contributed by atoms with Crippen molar-refractivity contribution in [3.05, 3.63) is 115 Å². The zero-order valence-corrected chi connectivity index (χ0v) is 20.8. The Labute approximate surface area is 208 Å². The lowest BCUT2D eigenvalue weighted by Gasteiger charge is -2.25. The zero-order chi connectivity index (χ0) is 24.7. The number of aliphatic imine (C=N–C) groups is 1. The summed E-state index contributed by atoms with van der Waals surface area (Å²) in [6.07, 6.45) is 1.78. The van der Waals surface area contributed by atoms with Gasteiger partial charge in [-0.1, -0.05) is 62.4 Å². The second kappa shape index (κ2) is 11.1. The van der Waals surface area contributed by atoms with Gasteiger partial charge in [-0.15, -0.1) is 0 Å². The van der Waals surface area contributed by atoms with Crippen LogP contribution in [-0.4, -0.2) is 32.0 Å². The molecule has 0 amide bonds. The first-order chi connectivity index (χ1) is 17.0. The number of hydrogen-bond donors (Lipinski definition) is 0. The van der Waals surface area contributed by atoms with Crippen molar-refractivity contribution < 1.29 is 8.42 Å². The third kappa shape index (κ3) is 5.67. The Kier molecular flexibility index (Phi) is 7.75. The van der Waals surface area contributed by atoms with Crippen molar-refractivity contribution >= 4 is 39.0 Å². The van der Waals surface area contributed by atoms with Gasteiger partial charge in [-0.2, -0.15) is 4.31 Å². The summed E-state index contributed by atoms with van der Waals surface area (Å²) >= 11 is 0. The maximum Gasteiger partial charge on any atom is 0.243 e. The molecule has 5 nitrogen and oxygen atoms in total. The van der Waals surface area contributed by atoms with E-state index in [2.05, 4.69) is 46.3 Å². The standard InChI is InChI=1S/C29H29N3O2S/c1-3-31(4-2)35(33,34)29-21-17-25(18-22-29)30-23-24-15-19-28(20-16-24)32(26-11-7-5-8-12-26)27-13-9-6-10-14-27/h5-23H,3-4H2,1-2H3. The molecule has 0 saturated carbocycles. The van der Waals surface area contributed by atoms with Crippen LogP contribution in [0.1, 0.15) is 19.4 Å². The molecule has 0 unspecified atom stereocenters. The van der Waals surface area contributed by atoms with Crippen LogP contribution in [0.5, 0.6) is 0 Å². The van der Waals surface area contributed by atoms with Gasteiger partial charge in [0.25, 0.3) is 0 Å². The molecule has 0 saturated heterocycles. The second-order valence-electron chi connectivity index (χ2n) is 7.94. The Morgan fingerprint density at radius 1 is 0.657 bits per heavy atom. The van der Waals surface area contributed by atoms with Crippen molar-refractivity contribution in [2.75, 3.05) is 18.0 Å². The van der Waals surface area contributed by atoms with Gasteiger partial charge < -0.3 is 4.90 Å². The summed E-state index contributed by atoms with van der Waals surface area (Å²) in [5.41, 5.74) is 4.86. The highest BCUT2D eigenvalue weighted by molar-refractivity contribution is 7.89. The minimum atomic E-state index is -3.47. The van der Waals surface area contributed by atoms with Crippen molar-refractivity contribution in [3.63, 3.8) is 0 Å². The highest BCUT2D eigenvalue weighted by atomic mass is 32.2. The minimum Gasteiger partial charge on any atom is -0.311 e. The lowest BCUT2D eigenvalue weighted by atomic mass is 10.1. The molecule has 0 aliphatic rings. The van der Waals surface area contributed by atoms with Gasteiger partial charge in [-0.05, 0) is 66.2 Å². The Morgan fingerprint density at radius 3 is 1.63 bits per heavy atom. The number of benzene rings is 4. The van der Waals surface area contributed by atoms with E-state index in [1.54, 1.807) is 30.5 Å². The van der Waals surface area contributed by atoms with Crippen LogP contribution in [-0.2, 0) is 10.0 Å². The monoisotopic (exact) mass is 483 g/mol. The fraction of sp³-hybridized carbons (Fsp3) is 0.138. The van der Waals surface area contributed by atoms with Crippen LogP contribution >= 0.6 is 0 Å². The van der Waals surface area contributed by atoms with Crippen LogP contribution in [0.4, 0.5) is 22.7 Å². The van der Waals surface area contributed by atoms with Crippen LogP contribution in [0.2, 0.25) is 0 Å². The SMILES string of the molecule is CCN(CC)S(=O)(=O)c1ccc(N=Cc2ccc(N(c3ccccc3)c3ccccc3)cc2)cc1. The lowest BCUT2D eigenvalue weighted by Crippen LogP contribution is -2.30. The van der Waals surface area contributed by atoms with E-state index < -0.39 is 10.0 Å². The molecule has 35 heavy (non-hydrogen) atoms. The molecule has 0 aromatic heterocycles. The third-order valence-corrected chi connectivity index (χ3v) is 7.79. The summed E-state index contributed by atoms with van der Waals surface area (Å²) in [4.78, 5) is 7.02. The van der Waals surface area contributed by atoms with E-state index in [1.807, 2.05) is 62.4 Å². The van der Waals surface area contributed by atoms with Gasteiger partial charge in [-0.25, -0.2) is 8.42 Å². The van der Waals surface area contributed by atoms with E-state index in [0.29, 0.717) is 18.8 Å². The predicted molar refractivity (Wildman–Crippen MR) is 145 cm³/mol. The van der Waals surface area contributed by atoms with Gasteiger partial charge in [0.15, 0.2) is 0 Å². The van der Waals surface area contributed by atoms with E-state index in [1.165, 1.54) is 4.31 Å². The Balaban J connectivity index is 1.53. The Morgan fingerprint density at radius 2 is 1.14 bits per heavy atom. The predicted octanol–water partition coefficient (Wildman–Crippen LogP) is 6.94. The molecule has 0 atom stereocenters. The molecule has 4 rings (SSSR count). The fourth-order valence-corrected chi connectivity index (χ4v) is 5.33. The van der Waals surface area contributed by atoms with Crippen LogP contribution in [0.15, 0.2) is 119 Å². The van der Waals surface area contributed by atoms with Crippen molar-refractivity contribution in [2.24, 2.45) is 4.99 Å². The molecule has 0 bridgehead atoms. The first kappa shape index (κ1) is 24.4. The Hall–Kier alpha value is -3.74. The molecule has 4 aromatic carbocycles. The molecule has 0 spiro atoms. The number of anilines is 3. The number of para-hydroxylation sites is 2. The number of nitrogens with zero attached hydrogens (tertiary/aromatic N) is 3. The van der Waals surface area contributed by atoms with E-state index in [-0.39, 0.29) is 4.90 Å². The van der Waals surface area contributed by atoms with Gasteiger partial charge in [-0.3, -0.25) is 4.99 Å². The van der Waals surface area contributed by atoms with E-state index >= 15 is 0 Å². The van der Waals surface area contributed by atoms with Crippen molar-refractivity contribution in [1.29, 1.82) is 0 Å². The average molecular weight is 484 g/mol. The first-order valence-electron chi connectivity index (χ1n) is 11.7. The smallest absolute Gasteiger partial charge is 0.243 e. The molecule has 178 valence electrons. The van der Waals surface area contributed by atoms with Gasteiger partial charge in [0.05, 0.1) is 10.6 Å². The number of rotatable bonds is 9. The maximum atomic E-state index is 12.7. The van der Waals surface area contributed by atoms with Gasteiger partial charge in [0.2, 0.25) is 10.0 Å². The normalized spacial score (nSPS) is 11.7. The maximum absolute atomic E-state index is 12.7. The number of sulfonamides is 1. The topological polar surface area (TPSA) is 53.0 Å². The van der Waals surface area contributed by atoms with Crippen LogP contribution in [0.25, 0.3) is 0 Å². The molecular weight excluding hydrogens is 454 g/mol. The summed E-state index contributed by atoms with van der Waals surface area (Å²) in [7, 11) is -3.47. The first-order valence-corrected chi connectivity index (χ1v) is 13.1. The van der Waals surface area contributed by atoms with E-state index in [4.69, 9.17) is 0 Å². The highest BCUT2D eigenvalue weighted by Crippen LogP contribution is 2.34. The summed E-state index contributed by atoms with van der Waals surface area (Å²) in [5.74, 6) is 0. The Bertz CT molecular complexity index is 1310. The second-order valence-corrected chi connectivity index (χ2v) is 9.88. The van der Waals surface area contributed by atoms with Crippen LogP contribution < -0.4 is 4.90 Å². The van der Waals surface area contributed by atoms with Crippen molar-refractivity contribution in [3.8, 4) is 0 Å². The van der Waals surface area contributed by atoms with Crippen LogP contribution in [0.3, 0.4) is 0 Å². The van der Waals surface area contributed by atoms with Crippen molar-refractivity contribution in [2.45, 2.75) is 18.7 Å². The van der Waals surface area contributed by atoms with Crippen molar-refractivity contribution in [1.82, 2.24) is 4.31 Å². The molecule has 0 heterocycles. The summed E-state index contributed by atoms with van der Waals surface area (Å²) < 4.78 is 26.8. The van der Waals surface area contributed by atoms with E-state index in [9.17, 15) is 8.42 Å². The molecule has 0 aliphatic heterocycles. The van der Waals surface area contributed by atoms with Gasteiger partial charge in [0.1, 0.15) is 0 Å². The zero-order valence-electron chi connectivity index (χ0n) is 20.0. The largest absolute Gasteiger partial charge is 0.311 e. The summed E-state index contributed by atoms with van der Waals surface area (Å²) in [5, 5.41) is 0. The summed E-state index contributed by atoms with van der Waals surface area (Å²) in [6.45, 7) is 4.56. The molecule has 0 radical (unpaired) electrons. The molecule has 0 N–H and O–H groups in total. The summed E-state index contributed by atoms with van der Waals surface area (Å²) in [6, 6.07) is 35.4. The minimum absolute atomic E-state index is 0.284. The molecule has 0 aliphatic carbocycles. The van der Waals surface area contributed by atoms with Gasteiger partial charge in [0, 0.05) is 36.4 Å². The molecular formula is C29H29N3O2S. The fourth-order valence-electron chi connectivity index (χ4n) is 3.88. The lowest BCUT2D eigenvalue weighted by molar-refractivity contribution is 0.445. The highest BCUT2D eigenvalue weighted by Gasteiger charge is 2.21. The number of hydrogen-bond acceptors (Lipinski definition) is 4. The van der Waals surface area contributed by atoms with E-state index in [0.717, 1.165) is 22.6 Å².